The van der Waals surface area contributed by atoms with E-state index in [1.54, 1.807) is 0 Å². The maximum atomic E-state index is 13.5. The van der Waals surface area contributed by atoms with Crippen LogP contribution in [-0.2, 0) is 12.7 Å². The highest BCUT2D eigenvalue weighted by Crippen LogP contribution is 2.51. The molecule has 1 spiro atoms. The Hall–Kier alpha value is -0.780. The molecule has 0 amide bonds. The summed E-state index contributed by atoms with van der Waals surface area (Å²) in [7, 11) is 0. The molecule has 0 aromatic heterocycles. The predicted octanol–water partition coefficient (Wildman–Crippen LogP) is 5.35. The maximum absolute atomic E-state index is 13.5. The first-order valence-corrected chi connectivity index (χ1v) is 9.71. The van der Waals surface area contributed by atoms with Crippen molar-refractivity contribution >= 4 is 11.6 Å². The number of piperidine rings is 1. The number of hydrogen-bond donors (Lipinski definition) is 1. The number of likely N-dealkylation sites (tertiary alicyclic amines) is 1. The molecule has 1 aromatic rings. The Balaban J connectivity index is 1.93. The Morgan fingerprint density at radius 3 is 2.38 bits per heavy atom. The molecule has 6 heteroatoms. The fraction of sp³-hybridized carbons (Fsp3) is 0.700. The van der Waals surface area contributed by atoms with Gasteiger partial charge in [-0.2, -0.15) is 13.2 Å². The molecule has 0 saturated carbocycles. The molecular weight excluding hydrogens is 361 g/mol. The fourth-order valence-corrected chi connectivity index (χ4v) is 5.49. The summed E-state index contributed by atoms with van der Waals surface area (Å²) in [5.41, 5.74) is -0.0864. The molecule has 146 valence electrons. The van der Waals surface area contributed by atoms with Gasteiger partial charge in [-0.1, -0.05) is 32.4 Å². The first-order valence-electron chi connectivity index (χ1n) is 9.33. The van der Waals surface area contributed by atoms with Crippen LogP contribution in [0.4, 0.5) is 13.2 Å². The summed E-state index contributed by atoms with van der Waals surface area (Å²) in [5.74, 6) is 0. The number of nitrogens with zero attached hydrogens (tertiary/aromatic N) is 1. The minimum Gasteiger partial charge on any atom is -0.317 e. The summed E-state index contributed by atoms with van der Waals surface area (Å²) in [6, 6.07) is 4.18. The summed E-state index contributed by atoms with van der Waals surface area (Å²) >= 11 is 6.03. The van der Waals surface area contributed by atoms with E-state index in [0.717, 1.165) is 45.0 Å². The van der Waals surface area contributed by atoms with Crippen LogP contribution in [0.3, 0.4) is 0 Å². The van der Waals surface area contributed by atoms with Crippen LogP contribution in [0.1, 0.15) is 51.2 Å². The average molecular weight is 389 g/mol. The molecule has 1 atom stereocenters. The van der Waals surface area contributed by atoms with Gasteiger partial charge < -0.3 is 5.32 Å². The molecule has 1 unspecified atom stereocenters. The minimum absolute atomic E-state index is 0.00477. The van der Waals surface area contributed by atoms with E-state index in [0.29, 0.717) is 11.6 Å². The largest absolute Gasteiger partial charge is 0.416 e. The van der Waals surface area contributed by atoms with Gasteiger partial charge in [-0.15, -0.1) is 0 Å². The third-order valence-corrected chi connectivity index (χ3v) is 6.24. The van der Waals surface area contributed by atoms with Gasteiger partial charge in [0.2, 0.25) is 0 Å². The molecule has 2 aliphatic heterocycles. The van der Waals surface area contributed by atoms with Crippen molar-refractivity contribution in [2.24, 2.45) is 10.8 Å². The molecule has 2 nitrogen and oxygen atoms in total. The van der Waals surface area contributed by atoms with Crippen molar-refractivity contribution in [3.63, 3.8) is 0 Å². The van der Waals surface area contributed by atoms with Gasteiger partial charge in [0, 0.05) is 17.6 Å². The van der Waals surface area contributed by atoms with E-state index in [9.17, 15) is 13.2 Å². The normalized spacial score (nSPS) is 24.3. The molecule has 2 aliphatic rings. The lowest BCUT2D eigenvalue weighted by Crippen LogP contribution is -2.52. The SMILES string of the molecule is CC(C)(C)C1N(Cc2cc(Cl)ccc2C(F)(F)F)CCC12CCNCC2. The van der Waals surface area contributed by atoms with Crippen LogP contribution < -0.4 is 5.32 Å². The van der Waals surface area contributed by atoms with Crippen molar-refractivity contribution in [1.29, 1.82) is 0 Å². The quantitative estimate of drug-likeness (QED) is 0.734. The third-order valence-electron chi connectivity index (χ3n) is 6.01. The highest BCUT2D eigenvalue weighted by molar-refractivity contribution is 6.30. The first kappa shape index (κ1) is 20.0. The zero-order valence-corrected chi connectivity index (χ0v) is 16.5. The number of alkyl halides is 3. The lowest BCUT2D eigenvalue weighted by Gasteiger charge is -2.48. The standard InChI is InChI=1S/C20H28ClF3N2/c1-18(2,3)17-19(6-9-25-10-7-19)8-11-26(17)13-14-12-15(21)4-5-16(14)20(22,23)24/h4-5,12,17,25H,6-11,13H2,1-3H3. The van der Waals surface area contributed by atoms with E-state index in [-0.39, 0.29) is 22.4 Å². The Kier molecular flexibility index (Phi) is 5.37. The summed E-state index contributed by atoms with van der Waals surface area (Å²) in [4.78, 5) is 2.27. The second-order valence-corrected chi connectivity index (χ2v) is 9.34. The van der Waals surface area contributed by atoms with Crippen molar-refractivity contribution < 1.29 is 13.2 Å². The summed E-state index contributed by atoms with van der Waals surface area (Å²) < 4.78 is 40.4. The van der Waals surface area contributed by atoms with Crippen LogP contribution >= 0.6 is 11.6 Å². The zero-order valence-electron chi connectivity index (χ0n) is 15.7. The van der Waals surface area contributed by atoms with Gasteiger partial charge in [0.15, 0.2) is 0 Å². The molecule has 3 rings (SSSR count). The topological polar surface area (TPSA) is 15.3 Å². The summed E-state index contributed by atoms with van der Waals surface area (Å²) in [5, 5.41) is 3.78. The second-order valence-electron chi connectivity index (χ2n) is 8.90. The van der Waals surface area contributed by atoms with Crippen molar-refractivity contribution in [2.75, 3.05) is 19.6 Å². The van der Waals surface area contributed by atoms with Gasteiger partial charge in [-0.3, -0.25) is 4.90 Å². The van der Waals surface area contributed by atoms with E-state index in [2.05, 4.69) is 31.0 Å². The Morgan fingerprint density at radius 2 is 1.81 bits per heavy atom. The Morgan fingerprint density at radius 1 is 1.15 bits per heavy atom. The second kappa shape index (κ2) is 6.99. The van der Waals surface area contributed by atoms with Gasteiger partial charge in [-0.05, 0) is 73.5 Å². The van der Waals surface area contributed by atoms with Gasteiger partial charge in [0.05, 0.1) is 5.56 Å². The fourth-order valence-electron chi connectivity index (χ4n) is 5.29. The molecule has 26 heavy (non-hydrogen) atoms. The molecular formula is C20H28ClF3N2. The highest BCUT2D eigenvalue weighted by Gasteiger charge is 2.52. The van der Waals surface area contributed by atoms with Gasteiger partial charge >= 0.3 is 6.18 Å². The molecule has 1 N–H and O–H groups in total. The van der Waals surface area contributed by atoms with E-state index in [1.165, 1.54) is 12.1 Å². The number of halogens is 4. The van der Waals surface area contributed by atoms with Gasteiger partial charge in [-0.25, -0.2) is 0 Å². The molecule has 1 aromatic carbocycles. The van der Waals surface area contributed by atoms with Crippen LogP contribution in [0.25, 0.3) is 0 Å². The van der Waals surface area contributed by atoms with E-state index >= 15 is 0 Å². The Labute approximate surface area is 159 Å². The average Bonchev–Trinajstić information content (AvgIpc) is 2.84. The van der Waals surface area contributed by atoms with Crippen molar-refractivity contribution in [3.8, 4) is 0 Å². The maximum Gasteiger partial charge on any atom is 0.416 e. The molecule has 2 saturated heterocycles. The number of hydrogen-bond acceptors (Lipinski definition) is 2. The number of rotatable bonds is 2. The van der Waals surface area contributed by atoms with Crippen LogP contribution in [-0.4, -0.2) is 30.6 Å². The van der Waals surface area contributed by atoms with Crippen molar-refractivity contribution in [1.82, 2.24) is 10.2 Å². The zero-order chi connectivity index (χ0) is 19.2. The van der Waals surface area contributed by atoms with E-state index < -0.39 is 11.7 Å². The molecule has 0 radical (unpaired) electrons. The summed E-state index contributed by atoms with van der Waals surface area (Å²) in [6.45, 7) is 9.75. The lowest BCUT2D eigenvalue weighted by molar-refractivity contribution is -0.138. The van der Waals surface area contributed by atoms with Gasteiger partial charge in [0.1, 0.15) is 0 Å². The van der Waals surface area contributed by atoms with Crippen LogP contribution in [0.5, 0.6) is 0 Å². The molecule has 2 fully saturated rings. The minimum atomic E-state index is -4.36. The molecule has 2 heterocycles. The number of nitrogens with one attached hydrogen (secondary N) is 1. The van der Waals surface area contributed by atoms with Crippen LogP contribution in [0.2, 0.25) is 5.02 Å². The van der Waals surface area contributed by atoms with E-state index in [1.807, 2.05) is 0 Å². The van der Waals surface area contributed by atoms with Gasteiger partial charge in [0.25, 0.3) is 0 Å². The summed E-state index contributed by atoms with van der Waals surface area (Å²) in [6.07, 6.45) is -1.12. The van der Waals surface area contributed by atoms with Crippen molar-refractivity contribution in [2.45, 2.75) is 58.8 Å². The third kappa shape index (κ3) is 3.90. The highest BCUT2D eigenvalue weighted by atomic mass is 35.5. The Bertz CT molecular complexity index is 645. The smallest absolute Gasteiger partial charge is 0.317 e. The number of benzene rings is 1. The first-order chi connectivity index (χ1) is 12.0. The molecule has 0 aliphatic carbocycles. The van der Waals surface area contributed by atoms with Crippen LogP contribution in [0, 0.1) is 10.8 Å². The predicted molar refractivity (Wildman–Crippen MR) is 99.3 cm³/mol. The molecule has 0 bridgehead atoms. The van der Waals surface area contributed by atoms with E-state index in [4.69, 9.17) is 11.6 Å². The lowest BCUT2D eigenvalue weighted by atomic mass is 9.64. The van der Waals surface area contributed by atoms with Crippen LogP contribution in [0.15, 0.2) is 18.2 Å². The van der Waals surface area contributed by atoms with Crippen molar-refractivity contribution in [3.05, 3.63) is 34.3 Å². The monoisotopic (exact) mass is 388 g/mol.